The maximum Gasteiger partial charge on any atom is 0.304 e. The third kappa shape index (κ3) is 3.17. The van der Waals surface area contributed by atoms with E-state index in [0.717, 1.165) is 25.7 Å². The van der Waals surface area contributed by atoms with Crippen LogP contribution in [0.1, 0.15) is 59.8 Å². The largest absolute Gasteiger partial charge is 0.439 e. The monoisotopic (exact) mass is 278 g/mol. The van der Waals surface area contributed by atoms with Crippen LogP contribution in [0, 0.1) is 0 Å². The molecule has 0 aromatic rings. The molecule has 0 bridgehead atoms. The molecule has 0 spiro atoms. The Morgan fingerprint density at radius 1 is 1.05 bits per heavy atom. The highest BCUT2D eigenvalue weighted by molar-refractivity contribution is 5.66. The maximum absolute atomic E-state index is 11.5. The van der Waals surface area contributed by atoms with E-state index in [2.05, 4.69) is 43.0 Å². The van der Waals surface area contributed by atoms with E-state index in [1.165, 1.54) is 13.3 Å². The number of nitrogens with zero attached hydrogens (tertiary/aromatic N) is 2. The fourth-order valence-corrected chi connectivity index (χ4v) is 2.89. The number of hydrogen-bond donors (Lipinski definition) is 0. The molecule has 4 nitrogen and oxygen atoms in total. The SMILES string of the molecule is CC(=O)OC1(N2C=CN(C(C)(C)C)C=C2)CCCCC1. The molecule has 0 amide bonds. The highest BCUT2D eigenvalue weighted by Crippen LogP contribution is 2.37. The van der Waals surface area contributed by atoms with E-state index in [1.807, 2.05) is 12.4 Å². The fraction of sp³-hybridized carbons (Fsp3) is 0.688. The number of ether oxygens (including phenoxy) is 1. The second kappa shape index (κ2) is 5.51. The van der Waals surface area contributed by atoms with Crippen LogP contribution in [0.3, 0.4) is 0 Å². The average molecular weight is 278 g/mol. The highest BCUT2D eigenvalue weighted by Gasteiger charge is 2.40. The lowest BCUT2D eigenvalue weighted by Crippen LogP contribution is -2.49. The lowest BCUT2D eigenvalue weighted by atomic mass is 9.90. The molecule has 1 fully saturated rings. The van der Waals surface area contributed by atoms with Crippen molar-refractivity contribution in [2.75, 3.05) is 0 Å². The first kappa shape index (κ1) is 14.9. The molecule has 0 radical (unpaired) electrons. The third-order valence-electron chi connectivity index (χ3n) is 3.99. The van der Waals surface area contributed by atoms with E-state index in [-0.39, 0.29) is 11.5 Å². The Balaban J connectivity index is 2.16. The molecule has 1 heterocycles. The van der Waals surface area contributed by atoms with Gasteiger partial charge >= 0.3 is 5.97 Å². The number of carbonyl (C=O) groups excluding carboxylic acids is 1. The van der Waals surface area contributed by atoms with E-state index in [0.29, 0.717) is 0 Å². The van der Waals surface area contributed by atoms with Gasteiger partial charge in [-0.15, -0.1) is 0 Å². The van der Waals surface area contributed by atoms with E-state index in [9.17, 15) is 4.79 Å². The molecule has 1 aliphatic carbocycles. The van der Waals surface area contributed by atoms with Crippen molar-refractivity contribution in [1.29, 1.82) is 0 Å². The molecule has 0 unspecified atom stereocenters. The lowest BCUT2D eigenvalue weighted by molar-refractivity contribution is -0.178. The Morgan fingerprint density at radius 3 is 2.05 bits per heavy atom. The summed E-state index contributed by atoms with van der Waals surface area (Å²) in [7, 11) is 0. The first-order valence-corrected chi connectivity index (χ1v) is 7.47. The first-order valence-electron chi connectivity index (χ1n) is 7.47. The number of rotatable bonds is 2. The molecular formula is C16H26N2O2. The average Bonchev–Trinajstić information content (AvgIpc) is 2.38. The summed E-state index contributed by atoms with van der Waals surface area (Å²) in [6.07, 6.45) is 13.4. The Morgan fingerprint density at radius 2 is 1.60 bits per heavy atom. The third-order valence-corrected chi connectivity index (χ3v) is 3.99. The van der Waals surface area contributed by atoms with E-state index in [1.54, 1.807) is 0 Å². The first-order chi connectivity index (χ1) is 9.33. The van der Waals surface area contributed by atoms with Crippen LogP contribution in [0.2, 0.25) is 0 Å². The molecule has 4 heteroatoms. The maximum atomic E-state index is 11.5. The summed E-state index contributed by atoms with van der Waals surface area (Å²) < 4.78 is 5.71. The second-order valence-corrected chi connectivity index (χ2v) is 6.68. The minimum absolute atomic E-state index is 0.0558. The van der Waals surface area contributed by atoms with Crippen molar-refractivity contribution >= 4 is 5.97 Å². The van der Waals surface area contributed by atoms with Crippen LogP contribution in [0.4, 0.5) is 0 Å². The molecule has 0 aromatic carbocycles. The van der Waals surface area contributed by atoms with Gasteiger partial charge in [0.15, 0.2) is 5.72 Å². The van der Waals surface area contributed by atoms with Gasteiger partial charge in [0.1, 0.15) is 0 Å². The zero-order valence-electron chi connectivity index (χ0n) is 13.1. The zero-order chi connectivity index (χ0) is 14.8. The van der Waals surface area contributed by atoms with Gasteiger partial charge in [0.05, 0.1) is 0 Å². The Labute approximate surface area is 122 Å². The number of hydrogen-bond acceptors (Lipinski definition) is 4. The van der Waals surface area contributed by atoms with Crippen molar-refractivity contribution < 1.29 is 9.53 Å². The summed E-state index contributed by atoms with van der Waals surface area (Å²) in [4.78, 5) is 15.7. The summed E-state index contributed by atoms with van der Waals surface area (Å²) in [6, 6.07) is 0. The molecule has 1 saturated carbocycles. The van der Waals surface area contributed by atoms with Crippen LogP contribution < -0.4 is 0 Å². The molecule has 20 heavy (non-hydrogen) atoms. The Hall–Kier alpha value is -1.45. The van der Waals surface area contributed by atoms with Gasteiger partial charge in [-0.2, -0.15) is 0 Å². The van der Waals surface area contributed by atoms with Crippen molar-refractivity contribution in [3.63, 3.8) is 0 Å². The van der Waals surface area contributed by atoms with Crippen LogP contribution >= 0.6 is 0 Å². The quantitative estimate of drug-likeness (QED) is 0.723. The molecule has 1 aliphatic heterocycles. The van der Waals surface area contributed by atoms with Crippen molar-refractivity contribution in [2.24, 2.45) is 0 Å². The molecule has 112 valence electrons. The Bertz CT molecular complexity index is 401. The molecule has 0 atom stereocenters. The molecule has 2 rings (SSSR count). The normalized spacial score (nSPS) is 22.0. The van der Waals surface area contributed by atoms with Gasteiger partial charge in [-0.1, -0.05) is 6.42 Å². The fourth-order valence-electron chi connectivity index (χ4n) is 2.89. The molecule has 0 aromatic heterocycles. The van der Waals surface area contributed by atoms with Gasteiger partial charge in [0, 0.05) is 50.1 Å². The van der Waals surface area contributed by atoms with Crippen molar-refractivity contribution in [3.8, 4) is 0 Å². The number of esters is 1. The van der Waals surface area contributed by atoms with Crippen LogP contribution in [-0.4, -0.2) is 27.0 Å². The molecule has 0 N–H and O–H groups in total. The van der Waals surface area contributed by atoms with Gasteiger partial charge in [-0.25, -0.2) is 0 Å². The predicted molar refractivity (Wildman–Crippen MR) is 79.3 cm³/mol. The topological polar surface area (TPSA) is 32.8 Å². The summed E-state index contributed by atoms with van der Waals surface area (Å²) in [5.74, 6) is -0.202. The molecule has 0 saturated heterocycles. The summed E-state index contributed by atoms with van der Waals surface area (Å²) >= 11 is 0. The minimum atomic E-state index is -0.485. The second-order valence-electron chi connectivity index (χ2n) is 6.68. The Kier molecular flexibility index (Phi) is 4.11. The summed E-state index contributed by atoms with van der Waals surface area (Å²) in [6.45, 7) is 7.99. The van der Waals surface area contributed by atoms with Gasteiger partial charge in [-0.3, -0.25) is 4.79 Å². The van der Waals surface area contributed by atoms with Crippen molar-refractivity contribution in [3.05, 3.63) is 24.8 Å². The van der Waals surface area contributed by atoms with Crippen molar-refractivity contribution in [1.82, 2.24) is 9.80 Å². The summed E-state index contributed by atoms with van der Waals surface area (Å²) in [5, 5.41) is 0. The van der Waals surface area contributed by atoms with E-state index < -0.39 is 5.72 Å². The minimum Gasteiger partial charge on any atom is -0.439 e. The number of carbonyl (C=O) groups is 1. The van der Waals surface area contributed by atoms with Crippen molar-refractivity contribution in [2.45, 2.75) is 71.1 Å². The van der Waals surface area contributed by atoms with Crippen LogP contribution in [0.5, 0.6) is 0 Å². The highest BCUT2D eigenvalue weighted by atomic mass is 16.6. The standard InChI is InChI=1S/C16H26N2O2/c1-14(19)20-16(8-6-5-7-9-16)18-12-10-17(11-13-18)15(2,3)4/h10-13H,5-9H2,1-4H3. The zero-order valence-corrected chi connectivity index (χ0v) is 13.1. The molecule has 2 aliphatic rings. The smallest absolute Gasteiger partial charge is 0.304 e. The van der Waals surface area contributed by atoms with Gasteiger partial charge in [0.2, 0.25) is 0 Å². The van der Waals surface area contributed by atoms with Gasteiger partial charge < -0.3 is 14.5 Å². The van der Waals surface area contributed by atoms with Crippen LogP contribution in [-0.2, 0) is 9.53 Å². The van der Waals surface area contributed by atoms with E-state index >= 15 is 0 Å². The lowest BCUT2D eigenvalue weighted by Gasteiger charge is -2.45. The molecular weight excluding hydrogens is 252 g/mol. The van der Waals surface area contributed by atoms with Crippen LogP contribution in [0.15, 0.2) is 24.8 Å². The predicted octanol–water partition coefficient (Wildman–Crippen LogP) is 3.57. The van der Waals surface area contributed by atoms with Gasteiger partial charge in [-0.05, 0) is 33.6 Å². The van der Waals surface area contributed by atoms with Gasteiger partial charge in [0.25, 0.3) is 0 Å². The van der Waals surface area contributed by atoms with E-state index in [4.69, 9.17) is 4.74 Å². The summed E-state index contributed by atoms with van der Waals surface area (Å²) in [5.41, 5.74) is -0.429. The van der Waals surface area contributed by atoms with Crippen LogP contribution in [0.25, 0.3) is 0 Å².